The molecule has 0 unspecified atom stereocenters. The molecular weight excluding hydrogens is 456 g/mol. The minimum absolute atomic E-state index is 0.121. The molecule has 2 aliphatic rings. The van der Waals surface area contributed by atoms with Crippen molar-refractivity contribution in [1.82, 2.24) is 0 Å². The van der Waals surface area contributed by atoms with Gasteiger partial charge in [0.1, 0.15) is 0 Å². The molecule has 0 fully saturated rings. The van der Waals surface area contributed by atoms with Crippen LogP contribution in [-0.4, -0.2) is 53.3 Å². The maximum Gasteiger partial charge on any atom is 0.302 e. The largest absolute Gasteiger partial charge is 0.493 e. The van der Waals surface area contributed by atoms with Gasteiger partial charge < -0.3 is 33.2 Å². The van der Waals surface area contributed by atoms with Crippen molar-refractivity contribution in [1.29, 1.82) is 0 Å². The van der Waals surface area contributed by atoms with Gasteiger partial charge in [0.2, 0.25) is 12.5 Å². The third-order valence-electron chi connectivity index (χ3n) is 6.41. The molecule has 2 aromatic carbocycles. The number of hydrogen-bond donors (Lipinski definition) is 0. The fourth-order valence-corrected chi connectivity index (χ4v) is 4.79. The van der Waals surface area contributed by atoms with Crippen LogP contribution in [0.4, 0.5) is 0 Å². The van der Waals surface area contributed by atoms with Gasteiger partial charge in [-0.05, 0) is 47.7 Å². The number of benzene rings is 2. The first-order valence-corrected chi connectivity index (χ1v) is 11.4. The summed E-state index contributed by atoms with van der Waals surface area (Å²) in [6, 6.07) is 5.81. The summed E-state index contributed by atoms with van der Waals surface area (Å²) < 4.78 is 39.3. The van der Waals surface area contributed by atoms with E-state index in [9.17, 15) is 9.59 Å². The predicted molar refractivity (Wildman–Crippen MR) is 125 cm³/mol. The van der Waals surface area contributed by atoms with Crippen LogP contribution in [0.1, 0.15) is 25.0 Å². The number of hydrogen-bond acceptors (Lipinski definition) is 9. The Balaban J connectivity index is 1.94. The summed E-state index contributed by atoms with van der Waals surface area (Å²) in [5.41, 5.74) is 3.63. The molecule has 0 bridgehead atoms. The Morgan fingerprint density at radius 3 is 1.91 bits per heavy atom. The first-order valence-electron chi connectivity index (χ1n) is 11.4. The standard InChI is InChI=1S/C26H30O9/c1-14(27)32-11-18-6-16-8-21-22(35-13-34-21)10-20(16)24-17(7-19(18)12-33-15(2)28)9-23(29-3)25(30-4)26(24)31-5/h8-10,18-19H,6-7,11-13H2,1-5H3/t18-,19-/m1/s1. The third kappa shape index (κ3) is 4.94. The maximum atomic E-state index is 11.7. The van der Waals surface area contributed by atoms with Crippen LogP contribution >= 0.6 is 0 Å². The molecule has 2 atom stereocenters. The van der Waals surface area contributed by atoms with Gasteiger partial charge in [-0.25, -0.2) is 0 Å². The normalized spacial score (nSPS) is 17.9. The predicted octanol–water partition coefficient (Wildman–Crippen LogP) is 3.57. The fraction of sp³-hybridized carbons (Fsp3) is 0.462. The fourth-order valence-electron chi connectivity index (χ4n) is 4.79. The zero-order valence-electron chi connectivity index (χ0n) is 20.6. The Morgan fingerprint density at radius 2 is 1.37 bits per heavy atom. The zero-order chi connectivity index (χ0) is 25.1. The van der Waals surface area contributed by atoms with Gasteiger partial charge >= 0.3 is 11.9 Å². The zero-order valence-corrected chi connectivity index (χ0v) is 20.6. The summed E-state index contributed by atoms with van der Waals surface area (Å²) in [7, 11) is 4.72. The topological polar surface area (TPSA) is 98.8 Å². The summed E-state index contributed by atoms with van der Waals surface area (Å²) in [5, 5.41) is 0. The van der Waals surface area contributed by atoms with Crippen molar-refractivity contribution in [3.05, 3.63) is 29.3 Å². The Bertz CT molecular complexity index is 1120. The molecule has 1 aliphatic carbocycles. The van der Waals surface area contributed by atoms with Crippen molar-refractivity contribution in [2.24, 2.45) is 11.8 Å². The molecule has 1 heterocycles. The summed E-state index contributed by atoms with van der Waals surface area (Å²) in [5.74, 6) is 1.83. The van der Waals surface area contributed by atoms with E-state index in [1.807, 2.05) is 18.2 Å². The van der Waals surface area contributed by atoms with E-state index in [0.29, 0.717) is 41.6 Å². The Morgan fingerprint density at radius 1 is 0.800 bits per heavy atom. The highest BCUT2D eigenvalue weighted by molar-refractivity contribution is 5.83. The van der Waals surface area contributed by atoms with E-state index < -0.39 is 0 Å². The molecule has 0 saturated heterocycles. The highest BCUT2D eigenvalue weighted by Crippen LogP contribution is 2.51. The van der Waals surface area contributed by atoms with Gasteiger partial charge in [-0.2, -0.15) is 0 Å². The van der Waals surface area contributed by atoms with Gasteiger partial charge in [-0.15, -0.1) is 0 Å². The number of esters is 2. The third-order valence-corrected chi connectivity index (χ3v) is 6.41. The van der Waals surface area contributed by atoms with Gasteiger partial charge in [-0.1, -0.05) is 0 Å². The lowest BCUT2D eigenvalue weighted by Gasteiger charge is -2.32. The average molecular weight is 487 g/mol. The maximum absolute atomic E-state index is 11.7. The summed E-state index contributed by atoms with van der Waals surface area (Å²) in [4.78, 5) is 23.3. The molecule has 9 nitrogen and oxygen atoms in total. The van der Waals surface area contributed by atoms with Crippen molar-refractivity contribution in [3.63, 3.8) is 0 Å². The molecular formula is C26H30O9. The van der Waals surface area contributed by atoms with Crippen LogP contribution in [0.25, 0.3) is 11.1 Å². The number of methoxy groups -OCH3 is 3. The number of fused-ring (bicyclic) bond motifs is 4. The lowest BCUT2D eigenvalue weighted by molar-refractivity contribution is -0.147. The Hall–Kier alpha value is -3.62. The van der Waals surface area contributed by atoms with Gasteiger partial charge in [0.25, 0.3) is 0 Å². The summed E-state index contributed by atoms with van der Waals surface area (Å²) in [6.45, 7) is 3.27. The van der Waals surface area contributed by atoms with Crippen molar-refractivity contribution in [2.45, 2.75) is 26.7 Å². The summed E-state index contributed by atoms with van der Waals surface area (Å²) in [6.07, 6.45) is 1.08. The Labute approximate surface area is 204 Å². The molecule has 9 heteroatoms. The number of carbonyl (C=O) groups is 2. The Kier molecular flexibility index (Phi) is 7.23. The lowest BCUT2D eigenvalue weighted by atomic mass is 9.76. The lowest BCUT2D eigenvalue weighted by Crippen LogP contribution is -2.31. The smallest absolute Gasteiger partial charge is 0.302 e. The van der Waals surface area contributed by atoms with E-state index >= 15 is 0 Å². The van der Waals surface area contributed by atoms with Crippen molar-refractivity contribution in [2.75, 3.05) is 41.3 Å². The molecule has 4 rings (SSSR count). The van der Waals surface area contributed by atoms with Crippen LogP contribution in [0, 0.1) is 11.8 Å². The van der Waals surface area contributed by atoms with Gasteiger partial charge in [0.15, 0.2) is 23.0 Å². The average Bonchev–Trinajstić information content (AvgIpc) is 3.29. The molecule has 2 aromatic rings. The monoisotopic (exact) mass is 486 g/mol. The van der Waals surface area contributed by atoms with Gasteiger partial charge in [-0.3, -0.25) is 9.59 Å². The van der Waals surface area contributed by atoms with Gasteiger partial charge in [0.05, 0.1) is 34.5 Å². The van der Waals surface area contributed by atoms with Crippen molar-refractivity contribution >= 4 is 11.9 Å². The molecule has 35 heavy (non-hydrogen) atoms. The van der Waals surface area contributed by atoms with E-state index in [1.165, 1.54) is 13.8 Å². The van der Waals surface area contributed by atoms with Crippen LogP contribution in [0.2, 0.25) is 0 Å². The van der Waals surface area contributed by atoms with E-state index in [0.717, 1.165) is 22.3 Å². The number of rotatable bonds is 7. The second-order valence-corrected chi connectivity index (χ2v) is 8.58. The van der Waals surface area contributed by atoms with E-state index in [-0.39, 0.29) is 43.8 Å². The van der Waals surface area contributed by atoms with Gasteiger partial charge in [0, 0.05) is 31.2 Å². The van der Waals surface area contributed by atoms with Crippen LogP contribution in [0.3, 0.4) is 0 Å². The molecule has 0 radical (unpaired) electrons. The number of carbonyl (C=O) groups excluding carboxylic acids is 2. The van der Waals surface area contributed by atoms with E-state index in [4.69, 9.17) is 33.2 Å². The second-order valence-electron chi connectivity index (χ2n) is 8.58. The minimum Gasteiger partial charge on any atom is -0.493 e. The first-order chi connectivity index (χ1) is 16.9. The number of ether oxygens (including phenoxy) is 7. The molecule has 0 aromatic heterocycles. The molecule has 188 valence electrons. The van der Waals surface area contributed by atoms with Crippen LogP contribution in [0.15, 0.2) is 18.2 Å². The highest BCUT2D eigenvalue weighted by atomic mass is 16.7. The van der Waals surface area contributed by atoms with E-state index in [2.05, 4.69) is 0 Å². The second kappa shape index (κ2) is 10.3. The van der Waals surface area contributed by atoms with Crippen LogP contribution in [0.5, 0.6) is 28.7 Å². The minimum atomic E-state index is -0.368. The van der Waals surface area contributed by atoms with Crippen LogP contribution in [-0.2, 0) is 31.9 Å². The molecule has 0 amide bonds. The van der Waals surface area contributed by atoms with E-state index in [1.54, 1.807) is 21.3 Å². The molecule has 0 saturated carbocycles. The SMILES string of the molecule is COc1cc2c(c(OC)c1OC)-c1cc3c(cc1C[C@H](COC(C)=O)[C@@H](COC(C)=O)C2)OCO3. The highest BCUT2D eigenvalue weighted by Gasteiger charge is 2.34. The van der Waals surface area contributed by atoms with Crippen molar-refractivity contribution < 1.29 is 42.7 Å². The molecule has 0 spiro atoms. The quantitative estimate of drug-likeness (QED) is 0.544. The molecule has 0 N–H and O–H groups in total. The first kappa shape index (κ1) is 24.5. The molecule has 1 aliphatic heterocycles. The van der Waals surface area contributed by atoms with Crippen molar-refractivity contribution in [3.8, 4) is 39.9 Å². The van der Waals surface area contributed by atoms with Crippen LogP contribution < -0.4 is 23.7 Å². The summed E-state index contributed by atoms with van der Waals surface area (Å²) >= 11 is 0.